The maximum Gasteiger partial charge on any atom is 0.348 e. The van der Waals surface area contributed by atoms with Crippen LogP contribution in [0.3, 0.4) is 0 Å². The van der Waals surface area contributed by atoms with E-state index in [0.717, 1.165) is 51.9 Å². The molecular weight excluding hydrogens is 530 g/mol. The van der Waals surface area contributed by atoms with Crippen LogP contribution >= 0.6 is 0 Å². The Hall–Kier alpha value is -3.71. The van der Waals surface area contributed by atoms with Crippen molar-refractivity contribution in [3.63, 3.8) is 0 Å². The van der Waals surface area contributed by atoms with Crippen molar-refractivity contribution in [3.05, 3.63) is 82.9 Å². The van der Waals surface area contributed by atoms with E-state index in [2.05, 4.69) is 62.4 Å². The van der Waals surface area contributed by atoms with Crippen molar-refractivity contribution < 1.29 is 29.0 Å². The molecule has 2 unspecified atom stereocenters. The number of aliphatic carboxylic acids is 1. The van der Waals surface area contributed by atoms with E-state index in [-0.39, 0.29) is 6.61 Å². The van der Waals surface area contributed by atoms with Gasteiger partial charge < -0.3 is 19.5 Å². The molecule has 42 heavy (non-hydrogen) atoms. The predicted octanol–water partition coefficient (Wildman–Crippen LogP) is 6.44. The largest absolute Gasteiger partial charge is 0.478 e. The van der Waals surface area contributed by atoms with Gasteiger partial charge in [0.25, 0.3) is 5.91 Å². The van der Waals surface area contributed by atoms with Crippen molar-refractivity contribution in [2.24, 2.45) is 0 Å². The van der Waals surface area contributed by atoms with Crippen LogP contribution in [-0.4, -0.2) is 60.3 Å². The van der Waals surface area contributed by atoms with E-state index in [4.69, 9.17) is 9.47 Å². The number of hydrogen-bond donors (Lipinski definition) is 1. The monoisotopic (exact) mass is 575 g/mol. The highest BCUT2D eigenvalue weighted by Gasteiger charge is 2.39. The van der Waals surface area contributed by atoms with Crippen LogP contribution in [-0.2, 0) is 36.7 Å². The lowest BCUT2D eigenvalue weighted by atomic mass is 10.0. The van der Waals surface area contributed by atoms with E-state index in [1.165, 1.54) is 37.9 Å². The number of hydrogen-bond acceptors (Lipinski definition) is 5. The van der Waals surface area contributed by atoms with Crippen LogP contribution in [0, 0.1) is 13.8 Å². The molecule has 0 spiro atoms. The Morgan fingerprint density at radius 1 is 0.762 bits per heavy atom. The second-order valence-corrected chi connectivity index (χ2v) is 11.1. The summed E-state index contributed by atoms with van der Waals surface area (Å²) in [5.74, 6) is -2.66. The Labute approximate surface area is 249 Å². The van der Waals surface area contributed by atoms with E-state index in [1.54, 1.807) is 7.05 Å². The van der Waals surface area contributed by atoms with Crippen LogP contribution in [0.2, 0.25) is 0 Å². The number of ether oxygens (including phenoxy) is 2. The lowest BCUT2D eigenvalue weighted by molar-refractivity contribution is -0.179. The number of nitrogens with zero attached hydrogens (tertiary/aromatic N) is 1. The standard InChI is InChI=1S/C35H45NO6/c1-25-17-18-28(23-26(25)2)13-8-6-12-22-41-32(33(35(39)40)42-27(3)37)34(38)36(4)21-11-5-7-14-29-19-20-30-15-9-10-16-31(30)24-29/h9-10,15-20,23-24,32-33H,5-8,11-14,21-22H2,1-4H3,(H,39,40). The average molecular weight is 576 g/mol. The third-order valence-electron chi connectivity index (χ3n) is 7.68. The van der Waals surface area contributed by atoms with E-state index in [1.807, 2.05) is 12.1 Å². The quantitative estimate of drug-likeness (QED) is 0.147. The van der Waals surface area contributed by atoms with Gasteiger partial charge in [0.1, 0.15) is 0 Å². The van der Waals surface area contributed by atoms with Gasteiger partial charge in [-0.25, -0.2) is 4.79 Å². The van der Waals surface area contributed by atoms with Crippen LogP contribution < -0.4 is 0 Å². The second-order valence-electron chi connectivity index (χ2n) is 11.1. The number of aryl methyl sites for hydroxylation is 4. The van der Waals surface area contributed by atoms with E-state index in [9.17, 15) is 19.5 Å². The zero-order chi connectivity index (χ0) is 30.5. The molecule has 3 aromatic rings. The molecule has 1 amide bonds. The molecule has 3 aromatic carbocycles. The molecule has 1 N–H and O–H groups in total. The molecule has 0 aliphatic heterocycles. The molecule has 0 bridgehead atoms. The summed E-state index contributed by atoms with van der Waals surface area (Å²) in [6, 6.07) is 21.3. The number of unbranched alkanes of at least 4 members (excludes halogenated alkanes) is 4. The zero-order valence-electron chi connectivity index (χ0n) is 25.4. The third-order valence-corrected chi connectivity index (χ3v) is 7.68. The Kier molecular flexibility index (Phi) is 13.0. The second kappa shape index (κ2) is 16.7. The zero-order valence-corrected chi connectivity index (χ0v) is 25.4. The summed E-state index contributed by atoms with van der Waals surface area (Å²) in [5, 5.41) is 12.2. The highest BCUT2D eigenvalue weighted by Crippen LogP contribution is 2.18. The Bertz CT molecular complexity index is 1340. The Morgan fingerprint density at radius 2 is 1.40 bits per heavy atom. The SMILES string of the molecule is CC(=O)OC(C(=O)O)C(OCCCCCc1ccc(C)c(C)c1)C(=O)N(C)CCCCCc1ccc2ccccc2c1. The number of likely N-dealkylation sites (N-methyl/N-ethyl adjacent to an activating group) is 1. The highest BCUT2D eigenvalue weighted by molar-refractivity contribution is 5.89. The minimum absolute atomic E-state index is 0.202. The molecule has 0 saturated carbocycles. The maximum atomic E-state index is 13.3. The molecule has 0 saturated heterocycles. The summed E-state index contributed by atoms with van der Waals surface area (Å²) in [6.07, 6.45) is 3.96. The van der Waals surface area contributed by atoms with Crippen molar-refractivity contribution in [3.8, 4) is 0 Å². The fourth-order valence-corrected chi connectivity index (χ4v) is 5.06. The van der Waals surface area contributed by atoms with E-state index in [0.29, 0.717) is 13.0 Å². The number of carboxylic acids is 1. The molecule has 226 valence electrons. The Morgan fingerprint density at radius 3 is 2.07 bits per heavy atom. The average Bonchev–Trinajstić information content (AvgIpc) is 2.96. The van der Waals surface area contributed by atoms with Gasteiger partial charge in [-0.3, -0.25) is 9.59 Å². The fraction of sp³-hybridized carbons (Fsp3) is 0.457. The summed E-state index contributed by atoms with van der Waals surface area (Å²) in [5.41, 5.74) is 5.11. The smallest absolute Gasteiger partial charge is 0.348 e. The van der Waals surface area contributed by atoms with E-state index >= 15 is 0 Å². The van der Waals surface area contributed by atoms with Crippen LogP contribution in [0.1, 0.15) is 67.7 Å². The van der Waals surface area contributed by atoms with Crippen LogP contribution in [0.5, 0.6) is 0 Å². The summed E-state index contributed by atoms with van der Waals surface area (Å²) in [6.45, 7) is 5.99. The van der Waals surface area contributed by atoms with Gasteiger partial charge in [0.2, 0.25) is 6.10 Å². The molecule has 0 fully saturated rings. The minimum atomic E-state index is -1.69. The van der Waals surface area contributed by atoms with Gasteiger partial charge in [0, 0.05) is 27.1 Å². The van der Waals surface area contributed by atoms with Crippen LogP contribution in [0.25, 0.3) is 10.8 Å². The number of benzene rings is 3. The van der Waals surface area contributed by atoms with Crippen LogP contribution in [0.15, 0.2) is 60.7 Å². The van der Waals surface area contributed by atoms with Gasteiger partial charge in [-0.05, 0) is 85.4 Å². The number of rotatable bonds is 17. The first kappa shape index (κ1) is 32.8. The molecular formula is C35H45NO6. The van der Waals surface area contributed by atoms with Gasteiger partial charge >= 0.3 is 11.9 Å². The first-order chi connectivity index (χ1) is 20.2. The van der Waals surface area contributed by atoms with Gasteiger partial charge in [-0.2, -0.15) is 0 Å². The summed E-state index contributed by atoms with van der Waals surface area (Å²) in [7, 11) is 1.64. The summed E-state index contributed by atoms with van der Waals surface area (Å²) in [4.78, 5) is 38.3. The molecule has 0 aliphatic rings. The normalized spacial score (nSPS) is 12.6. The number of fused-ring (bicyclic) bond motifs is 1. The number of amides is 1. The van der Waals surface area contributed by atoms with Crippen LogP contribution in [0.4, 0.5) is 0 Å². The summed E-state index contributed by atoms with van der Waals surface area (Å²) >= 11 is 0. The predicted molar refractivity (Wildman–Crippen MR) is 166 cm³/mol. The first-order valence-electron chi connectivity index (χ1n) is 15.0. The fourth-order valence-electron chi connectivity index (χ4n) is 5.06. The number of carbonyl (C=O) groups is 3. The molecule has 0 heterocycles. The Balaban J connectivity index is 1.46. The molecule has 3 rings (SSSR count). The maximum absolute atomic E-state index is 13.3. The van der Waals surface area contributed by atoms with E-state index < -0.39 is 30.1 Å². The van der Waals surface area contributed by atoms with Crippen molar-refractivity contribution in [1.82, 2.24) is 4.90 Å². The van der Waals surface area contributed by atoms with Crippen molar-refractivity contribution in [2.75, 3.05) is 20.2 Å². The van der Waals surface area contributed by atoms with Crippen molar-refractivity contribution >= 4 is 28.6 Å². The lowest BCUT2D eigenvalue weighted by Crippen LogP contribution is -2.50. The van der Waals surface area contributed by atoms with Crippen molar-refractivity contribution in [1.29, 1.82) is 0 Å². The number of carboxylic acid groups (broad SMARTS) is 1. The molecule has 0 aromatic heterocycles. The van der Waals surface area contributed by atoms with Gasteiger partial charge in [-0.15, -0.1) is 0 Å². The third kappa shape index (κ3) is 10.3. The van der Waals surface area contributed by atoms with Gasteiger partial charge in [-0.1, -0.05) is 73.5 Å². The van der Waals surface area contributed by atoms with Gasteiger partial charge in [0.05, 0.1) is 0 Å². The summed E-state index contributed by atoms with van der Waals surface area (Å²) < 4.78 is 10.8. The molecule has 2 atom stereocenters. The number of carbonyl (C=O) groups excluding carboxylic acids is 2. The topological polar surface area (TPSA) is 93.1 Å². The molecule has 0 aliphatic carbocycles. The van der Waals surface area contributed by atoms with Crippen molar-refractivity contribution in [2.45, 2.75) is 84.3 Å². The molecule has 7 nitrogen and oxygen atoms in total. The lowest BCUT2D eigenvalue weighted by Gasteiger charge is -2.27. The molecule has 0 radical (unpaired) electrons. The minimum Gasteiger partial charge on any atom is -0.478 e. The first-order valence-corrected chi connectivity index (χ1v) is 15.0. The van der Waals surface area contributed by atoms with Gasteiger partial charge in [0.15, 0.2) is 6.10 Å². The highest BCUT2D eigenvalue weighted by atomic mass is 16.6. The molecule has 7 heteroatoms. The number of esters is 1.